The van der Waals surface area contributed by atoms with Gasteiger partial charge in [0.2, 0.25) is 11.8 Å². The van der Waals surface area contributed by atoms with E-state index in [2.05, 4.69) is 36.6 Å². The Kier molecular flexibility index (Phi) is 13.5. The first-order valence-electron chi connectivity index (χ1n) is 9.61. The molecule has 5 nitrogen and oxygen atoms in total. The Labute approximate surface area is 169 Å². The Morgan fingerprint density at radius 1 is 0.929 bits per heavy atom. The fourth-order valence-electron chi connectivity index (χ4n) is 1.81. The summed E-state index contributed by atoms with van der Waals surface area (Å²) >= 11 is 0. The molecule has 0 aliphatic heterocycles. The average molecular weight is 384 g/mol. The lowest BCUT2D eigenvalue weighted by Crippen LogP contribution is -2.24. The summed E-state index contributed by atoms with van der Waals surface area (Å²) in [6.07, 6.45) is 1.25. The van der Waals surface area contributed by atoms with Crippen LogP contribution in [0.2, 0.25) is 0 Å². The zero-order valence-corrected chi connectivity index (χ0v) is 17.8. The highest BCUT2D eigenvalue weighted by Gasteiger charge is 2.09. The molecule has 0 atom stereocenters. The summed E-state index contributed by atoms with van der Waals surface area (Å²) < 4.78 is 0. The van der Waals surface area contributed by atoms with E-state index in [0.29, 0.717) is 5.69 Å². The third kappa shape index (κ3) is 12.4. The molecule has 0 saturated heterocycles. The maximum Gasteiger partial charge on any atom is 0.249 e. The molecule has 0 spiro atoms. The largest absolute Gasteiger partial charge is 0.325 e. The number of hydrogen-bond acceptors (Lipinski definition) is 3. The Balaban J connectivity index is 0.00000108. The highest BCUT2D eigenvalue weighted by atomic mass is 16.2. The summed E-state index contributed by atoms with van der Waals surface area (Å²) in [5.41, 5.74) is 4.84. The zero-order chi connectivity index (χ0) is 21.4. The highest BCUT2D eigenvalue weighted by Crippen LogP contribution is 2.13. The normalized spacial score (nSPS) is 9.68. The number of anilines is 1. The van der Waals surface area contributed by atoms with Gasteiger partial charge in [-0.05, 0) is 30.0 Å². The number of carbonyl (C=O) groups excluding carboxylic acids is 2. The van der Waals surface area contributed by atoms with Gasteiger partial charge in [-0.25, -0.2) is 5.43 Å². The van der Waals surface area contributed by atoms with Crippen molar-refractivity contribution in [3.8, 4) is 0 Å². The van der Waals surface area contributed by atoms with E-state index in [-0.39, 0.29) is 12.3 Å². The molecule has 2 aromatic rings. The van der Waals surface area contributed by atoms with Gasteiger partial charge >= 0.3 is 0 Å². The number of amides is 2. The molecule has 5 heteroatoms. The number of aryl methyl sites for hydroxylation is 1. The fraction of sp³-hybridized carbons (Fsp3) is 0.348. The van der Waals surface area contributed by atoms with E-state index in [4.69, 9.17) is 0 Å². The summed E-state index contributed by atoms with van der Waals surface area (Å²) in [5.74, 6) is -0.0000218. The molecule has 2 N–H and O–H groups in total. The first kappa shape index (κ1) is 25.1. The van der Waals surface area contributed by atoms with Gasteiger partial charge < -0.3 is 5.32 Å². The van der Waals surface area contributed by atoms with Crippen molar-refractivity contribution in [2.75, 3.05) is 5.32 Å². The van der Waals surface area contributed by atoms with Crippen LogP contribution in [0.3, 0.4) is 0 Å². The molecule has 28 heavy (non-hydrogen) atoms. The summed E-state index contributed by atoms with van der Waals surface area (Å²) in [6.45, 7) is 12.4. The monoisotopic (exact) mass is 383 g/mol. The predicted octanol–water partition coefficient (Wildman–Crippen LogP) is 5.16. The number of nitrogens with one attached hydrogen (secondary N) is 2. The first-order chi connectivity index (χ1) is 13.4. The van der Waals surface area contributed by atoms with Crippen LogP contribution in [-0.2, 0) is 9.59 Å². The van der Waals surface area contributed by atoms with Crippen LogP contribution in [0.5, 0.6) is 0 Å². The van der Waals surface area contributed by atoms with E-state index in [1.165, 1.54) is 6.21 Å². The molecule has 0 aliphatic rings. The molecule has 2 amide bonds. The average Bonchev–Trinajstić information content (AvgIpc) is 2.65. The van der Waals surface area contributed by atoms with E-state index >= 15 is 0 Å². The molecule has 2 aromatic carbocycles. The van der Waals surface area contributed by atoms with E-state index < -0.39 is 5.91 Å². The summed E-state index contributed by atoms with van der Waals surface area (Å²) in [4.78, 5) is 23.4. The molecular formula is C23H33N3O2. The van der Waals surface area contributed by atoms with Crippen molar-refractivity contribution in [1.82, 2.24) is 5.43 Å². The van der Waals surface area contributed by atoms with Crippen LogP contribution in [0.1, 0.15) is 52.2 Å². The molecule has 0 aliphatic carbocycles. The second kappa shape index (κ2) is 15.1. The maximum absolute atomic E-state index is 11.8. The van der Waals surface area contributed by atoms with Crippen molar-refractivity contribution < 1.29 is 9.59 Å². The van der Waals surface area contributed by atoms with Crippen molar-refractivity contribution in [3.05, 3.63) is 65.7 Å². The number of nitrogens with zero attached hydrogens (tertiary/aromatic N) is 1. The Morgan fingerprint density at radius 3 is 2.04 bits per heavy atom. The van der Waals surface area contributed by atoms with Gasteiger partial charge in [0.25, 0.3) is 0 Å². The van der Waals surface area contributed by atoms with E-state index in [9.17, 15) is 9.59 Å². The molecule has 2 rings (SSSR count). The second-order valence-electron chi connectivity index (χ2n) is 6.48. The van der Waals surface area contributed by atoms with Crippen LogP contribution in [0.4, 0.5) is 5.69 Å². The van der Waals surface area contributed by atoms with Gasteiger partial charge in [-0.3, -0.25) is 9.59 Å². The topological polar surface area (TPSA) is 70.6 Å². The number of carbonyl (C=O) groups is 2. The lowest BCUT2D eigenvalue weighted by Gasteiger charge is -2.07. The number of para-hydroxylation sites is 1. The van der Waals surface area contributed by atoms with E-state index in [1.807, 2.05) is 69.3 Å². The molecule has 0 bridgehead atoms. The Bertz CT molecular complexity index is 723. The highest BCUT2D eigenvalue weighted by molar-refractivity contribution is 6.03. The quantitative estimate of drug-likeness (QED) is 0.425. The molecular weight excluding hydrogens is 350 g/mol. The van der Waals surface area contributed by atoms with Crippen LogP contribution < -0.4 is 10.7 Å². The minimum absolute atomic E-state index is 0.277. The van der Waals surface area contributed by atoms with Crippen LogP contribution in [0.15, 0.2) is 59.7 Å². The molecule has 0 heterocycles. The van der Waals surface area contributed by atoms with Gasteiger partial charge in [0, 0.05) is 5.69 Å². The summed E-state index contributed by atoms with van der Waals surface area (Å²) in [5, 5.41) is 6.51. The fourth-order valence-corrected chi connectivity index (χ4v) is 1.81. The minimum Gasteiger partial charge on any atom is -0.325 e. The predicted molar refractivity (Wildman–Crippen MR) is 118 cm³/mol. The van der Waals surface area contributed by atoms with Gasteiger partial charge in [0.1, 0.15) is 6.42 Å². The van der Waals surface area contributed by atoms with Crippen molar-refractivity contribution in [2.45, 2.75) is 48.0 Å². The first-order valence-corrected chi connectivity index (χ1v) is 9.61. The third-order valence-electron chi connectivity index (χ3n) is 2.94. The van der Waals surface area contributed by atoms with Gasteiger partial charge in [0.05, 0.1) is 6.21 Å². The number of rotatable bonds is 5. The summed E-state index contributed by atoms with van der Waals surface area (Å²) in [6, 6.07) is 16.8. The second-order valence-corrected chi connectivity index (χ2v) is 6.48. The van der Waals surface area contributed by atoms with Gasteiger partial charge in [0.15, 0.2) is 0 Å². The van der Waals surface area contributed by atoms with Crippen molar-refractivity contribution >= 4 is 23.7 Å². The molecule has 152 valence electrons. The lowest BCUT2D eigenvalue weighted by molar-refractivity contribution is -0.126. The maximum atomic E-state index is 11.8. The van der Waals surface area contributed by atoms with Crippen LogP contribution >= 0.6 is 0 Å². The molecule has 0 aromatic heterocycles. The third-order valence-corrected chi connectivity index (χ3v) is 2.94. The minimum atomic E-state index is -0.460. The van der Waals surface area contributed by atoms with Crippen LogP contribution in [-0.4, -0.2) is 18.0 Å². The summed E-state index contributed by atoms with van der Waals surface area (Å²) in [7, 11) is 0. The SMILES string of the molecule is CC.CC(C)C.Cc1ccccc1NC(=O)CC(=O)N/N=C/c1ccccc1. The van der Waals surface area contributed by atoms with Crippen molar-refractivity contribution in [3.63, 3.8) is 0 Å². The van der Waals surface area contributed by atoms with Crippen LogP contribution in [0, 0.1) is 12.8 Å². The van der Waals surface area contributed by atoms with E-state index in [0.717, 1.165) is 17.0 Å². The van der Waals surface area contributed by atoms with Gasteiger partial charge in [-0.1, -0.05) is 83.1 Å². The molecule has 0 saturated carbocycles. The molecule has 0 unspecified atom stereocenters. The van der Waals surface area contributed by atoms with E-state index in [1.54, 1.807) is 6.07 Å². The lowest BCUT2D eigenvalue weighted by atomic mass is 10.2. The van der Waals surface area contributed by atoms with Gasteiger partial charge in [-0.2, -0.15) is 5.10 Å². The Morgan fingerprint density at radius 2 is 1.46 bits per heavy atom. The standard InChI is InChI=1S/C17H17N3O2.C4H10.C2H6/c1-13-7-5-6-10-15(13)19-16(21)11-17(22)20-18-12-14-8-3-2-4-9-14;1-4(2)3;1-2/h2-10,12H,11H2,1H3,(H,19,21)(H,20,22);4H,1-3H3;1-2H3/b18-12+;;. The van der Waals surface area contributed by atoms with Gasteiger partial charge in [-0.15, -0.1) is 0 Å². The number of hydrogen-bond donors (Lipinski definition) is 2. The molecule has 0 radical (unpaired) electrons. The number of hydrazone groups is 1. The zero-order valence-electron chi connectivity index (χ0n) is 17.8. The van der Waals surface area contributed by atoms with Crippen molar-refractivity contribution in [1.29, 1.82) is 0 Å². The smallest absolute Gasteiger partial charge is 0.249 e. The number of benzene rings is 2. The van der Waals surface area contributed by atoms with Crippen LogP contribution in [0.25, 0.3) is 0 Å². The molecule has 0 fully saturated rings. The Hall–Kier alpha value is -2.95. The van der Waals surface area contributed by atoms with Crippen molar-refractivity contribution in [2.24, 2.45) is 11.0 Å².